The fraction of sp³-hybridized carbons (Fsp3) is 0.889. The molecule has 0 aliphatic heterocycles. The van der Waals surface area contributed by atoms with Crippen molar-refractivity contribution in [1.29, 1.82) is 0 Å². The number of rotatable bonds is 6. The van der Waals surface area contributed by atoms with Gasteiger partial charge in [-0.15, -0.1) is 0 Å². The second kappa shape index (κ2) is 7.58. The molecule has 0 saturated carbocycles. The molecule has 0 spiro atoms. The van der Waals surface area contributed by atoms with E-state index in [1.54, 1.807) is 4.90 Å². The van der Waals surface area contributed by atoms with E-state index in [4.69, 9.17) is 9.47 Å². The van der Waals surface area contributed by atoms with Crippen LogP contribution in [0.2, 0.25) is 0 Å². The van der Waals surface area contributed by atoms with Crippen molar-refractivity contribution in [2.24, 2.45) is 0 Å². The summed E-state index contributed by atoms with van der Waals surface area (Å²) in [7, 11) is 3.08. The molecule has 0 fully saturated rings. The normalized spacial score (nSPS) is 10.4. The fourth-order valence-electron chi connectivity index (χ4n) is 1.06. The van der Waals surface area contributed by atoms with Crippen LogP contribution in [0.15, 0.2) is 0 Å². The van der Waals surface area contributed by atoms with Crippen molar-refractivity contribution in [2.45, 2.75) is 20.1 Å². The maximum atomic E-state index is 11.4. The number of methoxy groups -OCH3 is 2. The quantitative estimate of drug-likeness (QED) is 0.646. The van der Waals surface area contributed by atoms with Crippen LogP contribution in [0.1, 0.15) is 13.8 Å². The summed E-state index contributed by atoms with van der Waals surface area (Å²) in [6.07, 6.45) is -0.380. The first-order valence-corrected chi connectivity index (χ1v) is 4.77. The minimum atomic E-state index is -0.380. The number of carbonyl (C=O) groups excluding carboxylic acids is 1. The molecule has 0 radical (unpaired) electrons. The van der Waals surface area contributed by atoms with Crippen molar-refractivity contribution in [3.05, 3.63) is 0 Å². The SMILES string of the molecule is CCN(CC)C(=O)NCC(OC)OC. The second-order valence-electron chi connectivity index (χ2n) is 2.76. The van der Waals surface area contributed by atoms with Gasteiger partial charge in [0, 0.05) is 27.3 Å². The van der Waals surface area contributed by atoms with Crippen LogP contribution in [0, 0.1) is 0 Å². The molecule has 0 heterocycles. The Balaban J connectivity index is 3.81. The summed E-state index contributed by atoms with van der Waals surface area (Å²) in [5.74, 6) is 0. The van der Waals surface area contributed by atoms with Gasteiger partial charge >= 0.3 is 6.03 Å². The van der Waals surface area contributed by atoms with Crippen LogP contribution < -0.4 is 5.32 Å². The van der Waals surface area contributed by atoms with Crippen LogP contribution in [0.5, 0.6) is 0 Å². The Hall–Kier alpha value is -0.810. The Labute approximate surface area is 85.4 Å². The zero-order chi connectivity index (χ0) is 11.0. The standard InChI is InChI=1S/C9H20N2O3/c1-5-11(6-2)9(12)10-7-8(13-3)14-4/h8H,5-7H2,1-4H3,(H,10,12). The lowest BCUT2D eigenvalue weighted by Crippen LogP contribution is -2.43. The molecule has 1 N–H and O–H groups in total. The Kier molecular flexibility index (Phi) is 7.14. The molecule has 0 bridgehead atoms. The van der Waals surface area contributed by atoms with Crippen LogP contribution in [0.25, 0.3) is 0 Å². The summed E-state index contributed by atoms with van der Waals surface area (Å²) in [5.41, 5.74) is 0. The summed E-state index contributed by atoms with van der Waals surface area (Å²) < 4.78 is 9.88. The van der Waals surface area contributed by atoms with Gasteiger partial charge < -0.3 is 19.7 Å². The van der Waals surface area contributed by atoms with Gasteiger partial charge in [0.1, 0.15) is 0 Å². The zero-order valence-electron chi connectivity index (χ0n) is 9.37. The topological polar surface area (TPSA) is 50.8 Å². The zero-order valence-corrected chi connectivity index (χ0v) is 9.37. The van der Waals surface area contributed by atoms with E-state index < -0.39 is 0 Å². The molecule has 0 aliphatic rings. The summed E-state index contributed by atoms with van der Waals surface area (Å²) in [6, 6.07) is -0.0888. The van der Waals surface area contributed by atoms with Gasteiger partial charge in [-0.25, -0.2) is 4.79 Å². The van der Waals surface area contributed by atoms with E-state index in [0.717, 1.165) is 0 Å². The van der Waals surface area contributed by atoms with Gasteiger partial charge in [-0.3, -0.25) is 0 Å². The van der Waals surface area contributed by atoms with E-state index >= 15 is 0 Å². The number of urea groups is 1. The number of ether oxygens (including phenoxy) is 2. The van der Waals surface area contributed by atoms with Crippen molar-refractivity contribution in [3.8, 4) is 0 Å². The maximum absolute atomic E-state index is 11.4. The van der Waals surface area contributed by atoms with E-state index in [-0.39, 0.29) is 12.3 Å². The molecule has 0 aromatic rings. The predicted molar refractivity (Wildman–Crippen MR) is 54.1 cm³/mol. The van der Waals surface area contributed by atoms with E-state index in [1.807, 2.05) is 13.8 Å². The summed E-state index contributed by atoms with van der Waals surface area (Å²) >= 11 is 0. The molecule has 14 heavy (non-hydrogen) atoms. The minimum absolute atomic E-state index is 0.0888. The number of nitrogens with zero attached hydrogens (tertiary/aromatic N) is 1. The molecule has 0 atom stereocenters. The first kappa shape index (κ1) is 13.2. The molecule has 0 rings (SSSR count). The molecule has 5 nitrogen and oxygen atoms in total. The maximum Gasteiger partial charge on any atom is 0.317 e. The Bertz CT molecular complexity index is 156. The lowest BCUT2D eigenvalue weighted by atomic mass is 10.5. The average Bonchev–Trinajstić information content (AvgIpc) is 2.21. The van der Waals surface area contributed by atoms with Gasteiger partial charge in [-0.05, 0) is 13.8 Å². The minimum Gasteiger partial charge on any atom is -0.354 e. The molecule has 84 valence electrons. The number of hydrogen-bond donors (Lipinski definition) is 1. The summed E-state index contributed by atoms with van der Waals surface area (Å²) in [6.45, 7) is 5.64. The highest BCUT2D eigenvalue weighted by atomic mass is 16.7. The Morgan fingerprint density at radius 1 is 1.29 bits per heavy atom. The molecule has 5 heteroatoms. The smallest absolute Gasteiger partial charge is 0.317 e. The number of hydrogen-bond acceptors (Lipinski definition) is 3. The highest BCUT2D eigenvalue weighted by molar-refractivity contribution is 5.74. The molecule has 0 aromatic heterocycles. The molecular weight excluding hydrogens is 184 g/mol. The first-order valence-electron chi connectivity index (χ1n) is 4.77. The molecule has 0 aromatic carbocycles. The van der Waals surface area contributed by atoms with Gasteiger partial charge in [-0.2, -0.15) is 0 Å². The van der Waals surface area contributed by atoms with Crippen LogP contribution in [-0.2, 0) is 9.47 Å². The Morgan fingerprint density at radius 3 is 2.14 bits per heavy atom. The number of amides is 2. The van der Waals surface area contributed by atoms with Crippen LogP contribution in [0.3, 0.4) is 0 Å². The van der Waals surface area contributed by atoms with Crippen LogP contribution in [0.4, 0.5) is 4.79 Å². The third kappa shape index (κ3) is 4.43. The van der Waals surface area contributed by atoms with Gasteiger partial charge in [-0.1, -0.05) is 0 Å². The van der Waals surface area contributed by atoms with Crippen molar-refractivity contribution >= 4 is 6.03 Å². The summed E-state index contributed by atoms with van der Waals surface area (Å²) in [5, 5.41) is 2.72. The molecule has 0 saturated heterocycles. The van der Waals surface area contributed by atoms with Gasteiger partial charge in [0.25, 0.3) is 0 Å². The lowest BCUT2D eigenvalue weighted by molar-refractivity contribution is -0.0974. The highest BCUT2D eigenvalue weighted by Crippen LogP contribution is 1.91. The molecule has 0 unspecified atom stereocenters. The van der Waals surface area contributed by atoms with Crippen molar-refractivity contribution in [3.63, 3.8) is 0 Å². The fourth-order valence-corrected chi connectivity index (χ4v) is 1.06. The average molecular weight is 204 g/mol. The van der Waals surface area contributed by atoms with Crippen LogP contribution >= 0.6 is 0 Å². The number of carbonyl (C=O) groups is 1. The van der Waals surface area contributed by atoms with Gasteiger partial charge in [0.15, 0.2) is 6.29 Å². The van der Waals surface area contributed by atoms with E-state index in [0.29, 0.717) is 19.6 Å². The van der Waals surface area contributed by atoms with E-state index in [2.05, 4.69) is 5.32 Å². The first-order chi connectivity index (χ1) is 6.69. The highest BCUT2D eigenvalue weighted by Gasteiger charge is 2.11. The van der Waals surface area contributed by atoms with E-state index in [1.165, 1.54) is 14.2 Å². The molecule has 0 aliphatic carbocycles. The van der Waals surface area contributed by atoms with Crippen molar-refractivity contribution in [2.75, 3.05) is 33.9 Å². The van der Waals surface area contributed by atoms with Crippen molar-refractivity contribution in [1.82, 2.24) is 10.2 Å². The predicted octanol–water partition coefficient (Wildman–Crippen LogP) is 0.657. The second-order valence-corrected chi connectivity index (χ2v) is 2.76. The van der Waals surface area contributed by atoms with Gasteiger partial charge in [0.05, 0.1) is 6.54 Å². The van der Waals surface area contributed by atoms with Gasteiger partial charge in [0.2, 0.25) is 0 Å². The van der Waals surface area contributed by atoms with Crippen molar-refractivity contribution < 1.29 is 14.3 Å². The number of nitrogens with one attached hydrogen (secondary N) is 1. The third-order valence-electron chi connectivity index (χ3n) is 2.00. The monoisotopic (exact) mass is 204 g/mol. The molecular formula is C9H20N2O3. The largest absolute Gasteiger partial charge is 0.354 e. The molecule has 2 amide bonds. The summed E-state index contributed by atoms with van der Waals surface area (Å²) in [4.78, 5) is 13.1. The van der Waals surface area contributed by atoms with Crippen LogP contribution in [-0.4, -0.2) is 51.1 Å². The van der Waals surface area contributed by atoms with E-state index in [9.17, 15) is 4.79 Å². The third-order valence-corrected chi connectivity index (χ3v) is 2.00. The lowest BCUT2D eigenvalue weighted by Gasteiger charge is -2.21. The Morgan fingerprint density at radius 2 is 1.79 bits per heavy atom.